The fourth-order valence-corrected chi connectivity index (χ4v) is 1.86. The molecule has 0 aliphatic rings. The lowest BCUT2D eigenvalue weighted by molar-refractivity contribution is 0.354. The van der Waals surface area contributed by atoms with Crippen LogP contribution >= 0.6 is 0 Å². The second-order valence-electron chi connectivity index (χ2n) is 4.36. The molecule has 100 valence electrons. The van der Waals surface area contributed by atoms with Gasteiger partial charge in [0.2, 0.25) is 5.95 Å². The topological polar surface area (TPSA) is 84.4 Å². The third-order valence-electron chi connectivity index (χ3n) is 2.87. The first kappa shape index (κ1) is 13.4. The number of aliphatic imine (C=N–C) groups is 1. The number of anilines is 1. The quantitative estimate of drug-likeness (QED) is 0.807. The molecule has 1 heterocycles. The molecule has 5 nitrogen and oxygen atoms in total. The van der Waals surface area contributed by atoms with Gasteiger partial charge < -0.3 is 10.8 Å². The Labute approximate surface area is 112 Å². The number of unbranched alkanes of at least 4 members (excludes halogenated alkanes) is 1. The van der Waals surface area contributed by atoms with Crippen molar-refractivity contribution in [3.63, 3.8) is 0 Å². The predicted molar refractivity (Wildman–Crippen MR) is 77.7 cm³/mol. The molecule has 1 aromatic heterocycles. The molecule has 0 bridgehead atoms. The van der Waals surface area contributed by atoms with Gasteiger partial charge in [-0.25, -0.2) is 9.98 Å². The number of rotatable bonds is 5. The zero-order chi connectivity index (χ0) is 13.7. The van der Waals surface area contributed by atoms with Gasteiger partial charge in [-0.05, 0) is 25.0 Å². The van der Waals surface area contributed by atoms with Gasteiger partial charge in [0.15, 0.2) is 5.82 Å². The van der Waals surface area contributed by atoms with Crippen molar-refractivity contribution in [1.29, 1.82) is 0 Å². The number of aliphatic hydroxyl groups is 1. The van der Waals surface area contributed by atoms with E-state index in [4.69, 9.17) is 5.73 Å². The minimum atomic E-state index is -0.0573. The fraction of sp³-hybridized carbons (Fsp3) is 0.357. The van der Waals surface area contributed by atoms with Crippen LogP contribution in [0.5, 0.6) is 0 Å². The Kier molecular flexibility index (Phi) is 4.41. The number of aliphatic hydroxyl groups excluding tert-OH is 1. The lowest BCUT2D eigenvalue weighted by Crippen LogP contribution is -2.04. The summed E-state index contributed by atoms with van der Waals surface area (Å²) in [6.45, 7) is 2.05. The standard InChI is InChI=1S/C14H18N4O/c1-2-3-6-10(9-19)16-13-11-7-4-5-8-12(11)17-14(15)18-13/h4-5,7-8,19H,2-3,6,9H2,1H3,(H2,15,17,18). The van der Waals surface area contributed by atoms with E-state index in [1.54, 1.807) is 0 Å². The minimum Gasteiger partial charge on any atom is -0.390 e. The van der Waals surface area contributed by atoms with Crippen LogP contribution < -0.4 is 5.73 Å². The van der Waals surface area contributed by atoms with Gasteiger partial charge in [0.1, 0.15) is 0 Å². The lowest BCUT2D eigenvalue weighted by Gasteiger charge is -2.05. The molecule has 5 heteroatoms. The summed E-state index contributed by atoms with van der Waals surface area (Å²) < 4.78 is 0. The molecule has 0 aliphatic carbocycles. The average Bonchev–Trinajstić information content (AvgIpc) is 2.43. The van der Waals surface area contributed by atoms with Crippen molar-refractivity contribution >= 4 is 28.4 Å². The zero-order valence-corrected chi connectivity index (χ0v) is 11.0. The van der Waals surface area contributed by atoms with E-state index in [1.807, 2.05) is 24.3 Å². The highest BCUT2D eigenvalue weighted by Crippen LogP contribution is 2.23. The summed E-state index contributed by atoms with van der Waals surface area (Å²) in [4.78, 5) is 12.8. The van der Waals surface area contributed by atoms with Crippen molar-refractivity contribution < 1.29 is 5.11 Å². The normalized spacial score (nSPS) is 12.0. The van der Waals surface area contributed by atoms with E-state index in [2.05, 4.69) is 21.9 Å². The van der Waals surface area contributed by atoms with E-state index in [0.717, 1.165) is 35.9 Å². The Morgan fingerprint density at radius 1 is 1.32 bits per heavy atom. The Balaban J connectivity index is 2.45. The number of hydrogen-bond donors (Lipinski definition) is 2. The van der Waals surface area contributed by atoms with E-state index < -0.39 is 0 Å². The molecule has 0 fully saturated rings. The van der Waals surface area contributed by atoms with Crippen molar-refractivity contribution in [2.75, 3.05) is 12.3 Å². The van der Waals surface area contributed by atoms with E-state index in [-0.39, 0.29) is 12.6 Å². The van der Waals surface area contributed by atoms with Gasteiger partial charge in [-0.1, -0.05) is 25.5 Å². The SMILES string of the molecule is CCCCC(CO)=Nc1nc(N)nc2ccccc12. The highest BCUT2D eigenvalue weighted by Gasteiger charge is 2.06. The van der Waals surface area contributed by atoms with Crippen molar-refractivity contribution in [3.05, 3.63) is 24.3 Å². The molecule has 1 aromatic carbocycles. The van der Waals surface area contributed by atoms with Crippen molar-refractivity contribution in [2.24, 2.45) is 4.99 Å². The van der Waals surface area contributed by atoms with Crippen molar-refractivity contribution in [1.82, 2.24) is 9.97 Å². The number of para-hydroxylation sites is 1. The lowest BCUT2D eigenvalue weighted by atomic mass is 10.2. The van der Waals surface area contributed by atoms with Crippen LogP contribution in [0.2, 0.25) is 0 Å². The second kappa shape index (κ2) is 6.24. The van der Waals surface area contributed by atoms with Crippen LogP contribution in [0.3, 0.4) is 0 Å². The van der Waals surface area contributed by atoms with Crippen molar-refractivity contribution in [2.45, 2.75) is 26.2 Å². The van der Waals surface area contributed by atoms with Gasteiger partial charge in [-0.15, -0.1) is 0 Å². The molecule has 0 aliphatic heterocycles. The molecule has 0 radical (unpaired) electrons. The zero-order valence-electron chi connectivity index (χ0n) is 11.0. The van der Waals surface area contributed by atoms with Crippen LogP contribution in [0.15, 0.2) is 29.3 Å². The van der Waals surface area contributed by atoms with Crippen LogP contribution in [-0.4, -0.2) is 27.4 Å². The molecule has 2 aromatic rings. The third-order valence-corrected chi connectivity index (χ3v) is 2.87. The molecule has 0 saturated carbocycles. The van der Waals surface area contributed by atoms with Gasteiger partial charge in [0.25, 0.3) is 0 Å². The number of nitrogens with two attached hydrogens (primary N) is 1. The van der Waals surface area contributed by atoms with Gasteiger partial charge in [-0.3, -0.25) is 0 Å². The van der Waals surface area contributed by atoms with Crippen LogP contribution in [0.25, 0.3) is 10.9 Å². The molecule has 0 spiro atoms. The highest BCUT2D eigenvalue weighted by atomic mass is 16.3. The molecule has 3 N–H and O–H groups in total. The van der Waals surface area contributed by atoms with E-state index in [9.17, 15) is 5.11 Å². The number of nitrogens with zero attached hydrogens (tertiary/aromatic N) is 3. The first-order valence-electron chi connectivity index (χ1n) is 6.44. The molecule has 2 rings (SSSR count). The maximum Gasteiger partial charge on any atom is 0.222 e. The fourth-order valence-electron chi connectivity index (χ4n) is 1.86. The molecular formula is C14H18N4O. The number of aromatic nitrogens is 2. The maximum absolute atomic E-state index is 9.35. The van der Waals surface area contributed by atoms with Crippen LogP contribution in [0.4, 0.5) is 11.8 Å². The number of benzene rings is 1. The summed E-state index contributed by atoms with van der Waals surface area (Å²) in [7, 11) is 0. The summed E-state index contributed by atoms with van der Waals surface area (Å²) in [5.41, 5.74) is 7.18. The molecular weight excluding hydrogens is 240 g/mol. The first-order valence-corrected chi connectivity index (χ1v) is 6.44. The largest absolute Gasteiger partial charge is 0.390 e. The second-order valence-corrected chi connectivity index (χ2v) is 4.36. The number of hydrogen-bond acceptors (Lipinski definition) is 5. The van der Waals surface area contributed by atoms with E-state index in [1.165, 1.54) is 0 Å². The van der Waals surface area contributed by atoms with Crippen LogP contribution in [-0.2, 0) is 0 Å². The smallest absolute Gasteiger partial charge is 0.222 e. The summed E-state index contributed by atoms with van der Waals surface area (Å²) in [6, 6.07) is 7.58. The average molecular weight is 258 g/mol. The summed E-state index contributed by atoms with van der Waals surface area (Å²) in [6.07, 6.45) is 2.83. The Morgan fingerprint density at radius 3 is 2.84 bits per heavy atom. The molecule has 0 amide bonds. The highest BCUT2D eigenvalue weighted by molar-refractivity contribution is 5.94. The maximum atomic E-state index is 9.35. The predicted octanol–water partition coefficient (Wildman–Crippen LogP) is 2.47. The Morgan fingerprint density at radius 2 is 2.11 bits per heavy atom. The van der Waals surface area contributed by atoms with Gasteiger partial charge >= 0.3 is 0 Å². The van der Waals surface area contributed by atoms with E-state index in [0.29, 0.717) is 5.82 Å². The number of fused-ring (bicyclic) bond motifs is 1. The van der Waals surface area contributed by atoms with Gasteiger partial charge in [-0.2, -0.15) is 4.98 Å². The molecule has 0 unspecified atom stereocenters. The first-order chi connectivity index (χ1) is 9.24. The Hall–Kier alpha value is -2.01. The van der Waals surface area contributed by atoms with Gasteiger partial charge in [0.05, 0.1) is 12.1 Å². The monoisotopic (exact) mass is 258 g/mol. The summed E-state index contributed by atoms with van der Waals surface area (Å²) >= 11 is 0. The Bertz CT molecular complexity index is 595. The molecule has 0 saturated heterocycles. The van der Waals surface area contributed by atoms with E-state index >= 15 is 0 Å². The molecule has 19 heavy (non-hydrogen) atoms. The van der Waals surface area contributed by atoms with Gasteiger partial charge in [0, 0.05) is 11.1 Å². The van der Waals surface area contributed by atoms with Crippen LogP contribution in [0.1, 0.15) is 26.2 Å². The summed E-state index contributed by atoms with van der Waals surface area (Å²) in [5.74, 6) is 0.730. The minimum absolute atomic E-state index is 0.0573. The molecule has 0 atom stereocenters. The van der Waals surface area contributed by atoms with Crippen LogP contribution in [0, 0.1) is 0 Å². The summed E-state index contributed by atoms with van der Waals surface area (Å²) in [5, 5.41) is 10.2. The third kappa shape index (κ3) is 3.26. The number of nitrogen functional groups attached to an aromatic ring is 1. The van der Waals surface area contributed by atoms with Crippen molar-refractivity contribution in [3.8, 4) is 0 Å².